The van der Waals surface area contributed by atoms with Crippen molar-refractivity contribution in [3.05, 3.63) is 34.6 Å². The van der Waals surface area contributed by atoms with E-state index in [-0.39, 0.29) is 0 Å². The molecule has 0 spiro atoms. The van der Waals surface area contributed by atoms with Crippen molar-refractivity contribution in [3.63, 3.8) is 0 Å². The average Bonchev–Trinajstić information content (AvgIpc) is 2.80. The molecule has 102 valence electrons. The number of hydrogen-bond donors (Lipinski definition) is 1. The Bertz CT molecular complexity index is 550. The maximum Gasteiger partial charge on any atom is 0.170 e. The van der Waals surface area contributed by atoms with Crippen molar-refractivity contribution in [2.45, 2.75) is 27.3 Å². The lowest BCUT2D eigenvalue weighted by Gasteiger charge is -2.08. The van der Waals surface area contributed by atoms with Crippen LogP contribution in [0.1, 0.15) is 25.2 Å². The molecule has 0 aliphatic heterocycles. The summed E-state index contributed by atoms with van der Waals surface area (Å²) >= 11 is 6.13. The average molecular weight is 280 g/mol. The van der Waals surface area contributed by atoms with Crippen molar-refractivity contribution >= 4 is 11.6 Å². The van der Waals surface area contributed by atoms with E-state index in [1.54, 1.807) is 4.68 Å². The van der Waals surface area contributed by atoms with E-state index in [9.17, 15) is 0 Å². The first-order chi connectivity index (χ1) is 9.08. The lowest BCUT2D eigenvalue weighted by Crippen LogP contribution is -2.21. The number of aryl methyl sites for hydroxylation is 1. The molecule has 0 unspecified atom stereocenters. The molecule has 2 aromatic rings. The normalized spacial score (nSPS) is 11.2. The van der Waals surface area contributed by atoms with E-state index in [1.165, 1.54) is 0 Å². The van der Waals surface area contributed by atoms with Crippen molar-refractivity contribution < 1.29 is 0 Å². The molecule has 2 rings (SSSR count). The summed E-state index contributed by atoms with van der Waals surface area (Å²) in [4.78, 5) is 0. The van der Waals surface area contributed by atoms with Gasteiger partial charge in [-0.1, -0.05) is 31.5 Å². The molecule has 6 heteroatoms. The van der Waals surface area contributed by atoms with Crippen LogP contribution in [0, 0.1) is 12.8 Å². The zero-order valence-corrected chi connectivity index (χ0v) is 12.1. The Kier molecular flexibility index (Phi) is 4.50. The molecule has 0 aliphatic carbocycles. The Morgan fingerprint density at radius 3 is 2.84 bits per heavy atom. The van der Waals surface area contributed by atoms with E-state index in [1.807, 2.05) is 25.1 Å². The molecule has 1 heterocycles. The first kappa shape index (κ1) is 14.0. The van der Waals surface area contributed by atoms with Gasteiger partial charge in [-0.3, -0.25) is 0 Å². The van der Waals surface area contributed by atoms with E-state index in [0.717, 1.165) is 23.6 Å². The van der Waals surface area contributed by atoms with Crippen molar-refractivity contribution in [1.29, 1.82) is 0 Å². The van der Waals surface area contributed by atoms with Crippen LogP contribution in [0.2, 0.25) is 5.02 Å². The summed E-state index contributed by atoms with van der Waals surface area (Å²) in [6.07, 6.45) is 0. The third-order valence-electron chi connectivity index (χ3n) is 2.77. The van der Waals surface area contributed by atoms with E-state index in [0.29, 0.717) is 17.5 Å². The van der Waals surface area contributed by atoms with Gasteiger partial charge < -0.3 is 5.32 Å². The van der Waals surface area contributed by atoms with Crippen LogP contribution < -0.4 is 5.32 Å². The molecule has 5 nitrogen and oxygen atoms in total. The maximum atomic E-state index is 6.13. The van der Waals surface area contributed by atoms with Gasteiger partial charge in [-0.2, -0.15) is 4.68 Å². The Hall–Kier alpha value is -1.46. The van der Waals surface area contributed by atoms with Crippen LogP contribution in [0.4, 0.5) is 0 Å². The molecular weight excluding hydrogens is 262 g/mol. The van der Waals surface area contributed by atoms with E-state index in [4.69, 9.17) is 11.6 Å². The van der Waals surface area contributed by atoms with Gasteiger partial charge in [-0.15, -0.1) is 5.10 Å². The van der Waals surface area contributed by atoms with Gasteiger partial charge in [0.15, 0.2) is 5.82 Å². The molecule has 0 atom stereocenters. The van der Waals surface area contributed by atoms with Crippen molar-refractivity contribution in [2.75, 3.05) is 6.54 Å². The molecule has 0 aliphatic rings. The summed E-state index contributed by atoms with van der Waals surface area (Å²) in [5.74, 6) is 1.37. The SMILES string of the molecule is Cc1ccc(-n2nnnc2CNCC(C)C)cc1Cl. The van der Waals surface area contributed by atoms with Crippen LogP contribution in [0.5, 0.6) is 0 Å². The van der Waals surface area contributed by atoms with Gasteiger partial charge in [0.05, 0.1) is 12.2 Å². The summed E-state index contributed by atoms with van der Waals surface area (Å²) in [7, 11) is 0. The topological polar surface area (TPSA) is 55.6 Å². The highest BCUT2D eigenvalue weighted by molar-refractivity contribution is 6.31. The van der Waals surface area contributed by atoms with E-state index < -0.39 is 0 Å². The van der Waals surface area contributed by atoms with Crippen molar-refractivity contribution in [1.82, 2.24) is 25.5 Å². The summed E-state index contributed by atoms with van der Waals surface area (Å²) in [6, 6.07) is 5.80. The summed E-state index contributed by atoms with van der Waals surface area (Å²) in [6.45, 7) is 7.86. The molecule has 0 radical (unpaired) electrons. The number of aromatic nitrogens is 4. The third-order valence-corrected chi connectivity index (χ3v) is 3.18. The molecule has 1 aromatic heterocycles. The fourth-order valence-corrected chi connectivity index (χ4v) is 1.88. The summed E-state index contributed by atoms with van der Waals surface area (Å²) < 4.78 is 1.71. The van der Waals surface area contributed by atoms with Crippen LogP contribution in [0.3, 0.4) is 0 Å². The predicted octanol–water partition coefficient (Wildman–Crippen LogP) is 2.37. The zero-order chi connectivity index (χ0) is 13.8. The minimum atomic E-state index is 0.596. The lowest BCUT2D eigenvalue weighted by molar-refractivity contribution is 0.537. The van der Waals surface area contributed by atoms with Crippen LogP contribution in [-0.4, -0.2) is 26.8 Å². The van der Waals surface area contributed by atoms with Gasteiger partial charge in [-0.25, -0.2) is 0 Å². The quantitative estimate of drug-likeness (QED) is 0.913. The molecule has 0 bridgehead atoms. The molecule has 0 fully saturated rings. The minimum absolute atomic E-state index is 0.596. The molecular formula is C13H18ClN5. The summed E-state index contributed by atoms with van der Waals surface area (Å²) in [5, 5.41) is 15.8. The zero-order valence-electron chi connectivity index (χ0n) is 11.4. The van der Waals surface area contributed by atoms with Gasteiger partial charge in [-0.05, 0) is 47.5 Å². The van der Waals surface area contributed by atoms with Crippen LogP contribution in [0.25, 0.3) is 5.69 Å². The fourth-order valence-electron chi connectivity index (χ4n) is 1.70. The van der Waals surface area contributed by atoms with Crippen LogP contribution in [-0.2, 0) is 6.54 Å². The number of rotatable bonds is 5. The Morgan fingerprint density at radius 1 is 1.37 bits per heavy atom. The highest BCUT2D eigenvalue weighted by Crippen LogP contribution is 2.19. The predicted molar refractivity (Wildman–Crippen MR) is 75.4 cm³/mol. The smallest absolute Gasteiger partial charge is 0.170 e. The molecule has 0 saturated carbocycles. The van der Waals surface area contributed by atoms with Crippen LogP contribution in [0.15, 0.2) is 18.2 Å². The standard InChI is InChI=1S/C13H18ClN5/c1-9(2)7-15-8-13-16-17-18-19(13)11-5-4-10(3)12(14)6-11/h4-6,9,15H,7-8H2,1-3H3. The van der Waals surface area contributed by atoms with Crippen molar-refractivity contribution in [3.8, 4) is 5.69 Å². The molecule has 0 saturated heterocycles. The van der Waals surface area contributed by atoms with Crippen molar-refractivity contribution in [2.24, 2.45) is 5.92 Å². The van der Waals surface area contributed by atoms with Crippen LogP contribution >= 0.6 is 11.6 Å². The number of benzene rings is 1. The number of tetrazole rings is 1. The monoisotopic (exact) mass is 279 g/mol. The van der Waals surface area contributed by atoms with E-state index in [2.05, 4.69) is 34.7 Å². The Morgan fingerprint density at radius 2 is 2.16 bits per heavy atom. The Labute approximate surface area is 118 Å². The fraction of sp³-hybridized carbons (Fsp3) is 0.462. The highest BCUT2D eigenvalue weighted by Gasteiger charge is 2.09. The first-order valence-electron chi connectivity index (χ1n) is 6.32. The van der Waals surface area contributed by atoms with Gasteiger partial charge in [0, 0.05) is 5.02 Å². The molecule has 19 heavy (non-hydrogen) atoms. The number of hydrogen-bond acceptors (Lipinski definition) is 4. The number of nitrogens with one attached hydrogen (secondary N) is 1. The minimum Gasteiger partial charge on any atom is -0.310 e. The summed E-state index contributed by atoms with van der Waals surface area (Å²) in [5.41, 5.74) is 1.92. The first-order valence-corrected chi connectivity index (χ1v) is 6.70. The van der Waals surface area contributed by atoms with Gasteiger partial charge in [0.1, 0.15) is 0 Å². The highest BCUT2D eigenvalue weighted by atomic mass is 35.5. The third kappa shape index (κ3) is 3.52. The van der Waals surface area contributed by atoms with Gasteiger partial charge in [0.2, 0.25) is 0 Å². The molecule has 1 N–H and O–H groups in total. The Balaban J connectivity index is 2.16. The van der Waals surface area contributed by atoms with Gasteiger partial charge in [0.25, 0.3) is 0 Å². The largest absolute Gasteiger partial charge is 0.310 e. The molecule has 0 amide bonds. The van der Waals surface area contributed by atoms with Gasteiger partial charge >= 0.3 is 0 Å². The molecule has 1 aromatic carbocycles. The second kappa shape index (κ2) is 6.12. The number of halogens is 1. The second-order valence-electron chi connectivity index (χ2n) is 4.97. The second-order valence-corrected chi connectivity index (χ2v) is 5.37. The lowest BCUT2D eigenvalue weighted by atomic mass is 10.2. The maximum absolute atomic E-state index is 6.13. The van der Waals surface area contributed by atoms with E-state index >= 15 is 0 Å². The number of nitrogens with zero attached hydrogens (tertiary/aromatic N) is 4.